The fraction of sp³-hybridized carbons (Fsp3) is 0.846. The average molecular weight is 355 g/mol. The van der Waals surface area contributed by atoms with Crippen molar-refractivity contribution >= 4 is 15.9 Å². The van der Waals surface area contributed by atoms with Gasteiger partial charge in [0.1, 0.15) is 38.7 Å². The van der Waals surface area contributed by atoms with E-state index in [2.05, 4.69) is 15.9 Å². The maximum atomic E-state index is 5.74. The molecule has 0 aromatic rings. The van der Waals surface area contributed by atoms with Gasteiger partial charge in [-0.05, 0) is 12.5 Å². The van der Waals surface area contributed by atoms with Crippen LogP contribution in [0.2, 0.25) is 0 Å². The number of alkyl halides is 1. The first-order valence-electron chi connectivity index (χ1n) is 6.29. The van der Waals surface area contributed by atoms with Gasteiger partial charge in [0.2, 0.25) is 0 Å². The maximum absolute atomic E-state index is 5.74. The molecule has 1 rings (SSSR count). The van der Waals surface area contributed by atoms with Crippen molar-refractivity contribution in [1.29, 1.82) is 0 Å². The van der Waals surface area contributed by atoms with E-state index in [1.165, 1.54) is 0 Å². The summed E-state index contributed by atoms with van der Waals surface area (Å²) in [5, 5.41) is 0. The molecule has 0 N–H and O–H groups in total. The number of ether oxygens (including phenoxy) is 6. The Hall–Kier alpha value is -0.0200. The molecule has 0 saturated carbocycles. The van der Waals surface area contributed by atoms with E-state index in [0.717, 1.165) is 5.57 Å². The van der Waals surface area contributed by atoms with Gasteiger partial charge in [-0.25, -0.2) is 0 Å². The van der Waals surface area contributed by atoms with E-state index in [9.17, 15) is 0 Å². The highest BCUT2D eigenvalue weighted by Crippen LogP contribution is 2.31. The Labute approximate surface area is 128 Å². The summed E-state index contributed by atoms with van der Waals surface area (Å²) in [6.45, 7) is 2.53. The van der Waals surface area contributed by atoms with E-state index in [4.69, 9.17) is 28.4 Å². The predicted octanol–water partition coefficient (Wildman–Crippen LogP) is 1.68. The topological polar surface area (TPSA) is 55.4 Å². The second kappa shape index (κ2) is 9.83. The first kappa shape index (κ1) is 18.0. The van der Waals surface area contributed by atoms with Crippen LogP contribution in [0.5, 0.6) is 0 Å². The van der Waals surface area contributed by atoms with Crippen LogP contribution in [0, 0.1) is 0 Å². The highest BCUT2D eigenvalue weighted by atomic mass is 79.9. The van der Waals surface area contributed by atoms with Crippen LogP contribution in [0.25, 0.3) is 0 Å². The molecule has 0 radical (unpaired) electrons. The molecule has 1 aliphatic rings. The first-order valence-corrected chi connectivity index (χ1v) is 7.21. The van der Waals surface area contributed by atoms with Crippen LogP contribution >= 0.6 is 15.9 Å². The third-order valence-corrected chi connectivity index (χ3v) is 3.71. The second-order valence-electron chi connectivity index (χ2n) is 4.42. The molecule has 20 heavy (non-hydrogen) atoms. The van der Waals surface area contributed by atoms with Crippen molar-refractivity contribution in [2.24, 2.45) is 0 Å². The van der Waals surface area contributed by atoms with Gasteiger partial charge in [-0.1, -0.05) is 22.0 Å². The van der Waals surface area contributed by atoms with E-state index in [0.29, 0.717) is 0 Å². The van der Waals surface area contributed by atoms with Crippen molar-refractivity contribution in [2.75, 3.05) is 41.7 Å². The van der Waals surface area contributed by atoms with Crippen LogP contribution in [0.15, 0.2) is 11.6 Å². The predicted molar refractivity (Wildman–Crippen MR) is 76.7 cm³/mol. The molecule has 0 unspecified atom stereocenters. The minimum Gasteiger partial charge on any atom is -0.359 e. The Morgan fingerprint density at radius 3 is 1.95 bits per heavy atom. The average Bonchev–Trinajstić information content (AvgIpc) is 2.43. The van der Waals surface area contributed by atoms with Crippen molar-refractivity contribution in [3.8, 4) is 0 Å². The summed E-state index contributed by atoms with van der Waals surface area (Å²) in [7, 11) is 4.74. The summed E-state index contributed by atoms with van der Waals surface area (Å²) in [4.78, 5) is 0.0156. The van der Waals surface area contributed by atoms with Crippen LogP contribution in [0.1, 0.15) is 6.92 Å². The molecule has 0 spiro atoms. The van der Waals surface area contributed by atoms with Crippen molar-refractivity contribution in [3.63, 3.8) is 0 Å². The van der Waals surface area contributed by atoms with Gasteiger partial charge in [0, 0.05) is 21.3 Å². The molecule has 0 fully saturated rings. The monoisotopic (exact) mass is 354 g/mol. The standard InChI is InChI=1S/C13H23BrO6/c1-9-5-10(14)12(19-7-16-3)13(20-8-17-4)11(9)18-6-15-2/h5,10-13H,6-8H2,1-4H3/t10-,11+,12+,13+/m0/s1. The second-order valence-corrected chi connectivity index (χ2v) is 5.48. The summed E-state index contributed by atoms with van der Waals surface area (Å²) in [5.74, 6) is 0. The Balaban J connectivity index is 2.83. The molecule has 4 atom stereocenters. The minimum atomic E-state index is -0.311. The lowest BCUT2D eigenvalue weighted by molar-refractivity contribution is -0.200. The van der Waals surface area contributed by atoms with Gasteiger partial charge in [-0.3, -0.25) is 0 Å². The van der Waals surface area contributed by atoms with Crippen molar-refractivity contribution in [1.82, 2.24) is 0 Å². The first-order chi connectivity index (χ1) is 9.65. The number of halogens is 1. The fourth-order valence-electron chi connectivity index (χ4n) is 2.08. The van der Waals surface area contributed by atoms with E-state index in [-0.39, 0.29) is 43.5 Å². The maximum Gasteiger partial charge on any atom is 0.147 e. The van der Waals surface area contributed by atoms with E-state index in [1.807, 2.05) is 13.0 Å². The van der Waals surface area contributed by atoms with Crippen molar-refractivity contribution in [3.05, 3.63) is 11.6 Å². The van der Waals surface area contributed by atoms with Crippen LogP contribution < -0.4 is 0 Å². The van der Waals surface area contributed by atoms with E-state index in [1.54, 1.807) is 21.3 Å². The summed E-state index contributed by atoms with van der Waals surface area (Å²) >= 11 is 3.59. The van der Waals surface area contributed by atoms with Gasteiger partial charge in [-0.2, -0.15) is 0 Å². The number of methoxy groups -OCH3 is 3. The van der Waals surface area contributed by atoms with Crippen molar-refractivity contribution < 1.29 is 28.4 Å². The lowest BCUT2D eigenvalue weighted by atomic mass is 9.92. The largest absolute Gasteiger partial charge is 0.359 e. The molecule has 0 aromatic heterocycles. The van der Waals surface area contributed by atoms with Crippen LogP contribution in [-0.4, -0.2) is 64.8 Å². The van der Waals surface area contributed by atoms with Gasteiger partial charge in [0.15, 0.2) is 0 Å². The Kier molecular flexibility index (Phi) is 8.86. The summed E-state index contributed by atoms with van der Waals surface area (Å²) < 4.78 is 32.1. The SMILES string of the molecule is COCO[C@H]1[C@H](OCOC)[C@@H](Br)C=C(C)[C@H]1OCOC. The molecule has 0 aromatic carbocycles. The van der Waals surface area contributed by atoms with Gasteiger partial charge in [0.05, 0.1) is 4.83 Å². The van der Waals surface area contributed by atoms with Gasteiger partial charge in [-0.15, -0.1) is 0 Å². The van der Waals surface area contributed by atoms with Gasteiger partial charge in [0.25, 0.3) is 0 Å². The zero-order valence-electron chi connectivity index (χ0n) is 12.3. The van der Waals surface area contributed by atoms with E-state index >= 15 is 0 Å². The molecule has 0 heterocycles. The minimum absolute atomic E-state index is 0.0156. The highest BCUT2D eigenvalue weighted by Gasteiger charge is 2.40. The quantitative estimate of drug-likeness (QED) is 0.356. The molecular weight excluding hydrogens is 332 g/mol. The zero-order chi connectivity index (χ0) is 15.0. The summed E-state index contributed by atoms with van der Waals surface area (Å²) in [6, 6.07) is 0. The number of hydrogen-bond acceptors (Lipinski definition) is 6. The lowest BCUT2D eigenvalue weighted by Crippen LogP contribution is -2.50. The van der Waals surface area contributed by atoms with Gasteiger partial charge < -0.3 is 28.4 Å². The van der Waals surface area contributed by atoms with Crippen LogP contribution in [-0.2, 0) is 28.4 Å². The lowest BCUT2D eigenvalue weighted by Gasteiger charge is -2.38. The molecule has 0 saturated heterocycles. The summed E-state index contributed by atoms with van der Waals surface area (Å²) in [5.41, 5.74) is 1.06. The van der Waals surface area contributed by atoms with E-state index < -0.39 is 0 Å². The zero-order valence-corrected chi connectivity index (χ0v) is 13.9. The summed E-state index contributed by atoms with van der Waals surface area (Å²) in [6.07, 6.45) is 1.25. The van der Waals surface area contributed by atoms with Gasteiger partial charge >= 0.3 is 0 Å². The number of rotatable bonds is 9. The number of hydrogen-bond donors (Lipinski definition) is 0. The van der Waals surface area contributed by atoms with Crippen LogP contribution in [0.3, 0.4) is 0 Å². The Bertz CT molecular complexity index is 299. The molecule has 1 aliphatic carbocycles. The van der Waals surface area contributed by atoms with Crippen LogP contribution in [0.4, 0.5) is 0 Å². The molecule has 6 nitrogen and oxygen atoms in total. The normalized spacial score (nSPS) is 30.4. The Morgan fingerprint density at radius 1 is 0.900 bits per heavy atom. The molecule has 0 bridgehead atoms. The molecule has 118 valence electrons. The smallest absolute Gasteiger partial charge is 0.147 e. The third-order valence-electron chi connectivity index (χ3n) is 2.93. The Morgan fingerprint density at radius 2 is 1.40 bits per heavy atom. The molecule has 0 amide bonds. The highest BCUT2D eigenvalue weighted by molar-refractivity contribution is 9.09. The molecule has 0 aliphatic heterocycles. The fourth-order valence-corrected chi connectivity index (χ4v) is 2.95. The van der Waals surface area contributed by atoms with Crippen molar-refractivity contribution in [2.45, 2.75) is 30.1 Å². The third kappa shape index (κ3) is 5.07. The molecular formula is C13H23BrO6. The molecule has 7 heteroatoms.